The van der Waals surface area contributed by atoms with Gasteiger partial charge in [0, 0.05) is 0 Å². The molecule has 2 aliphatic carbocycles. The maximum atomic E-state index is 2.51. The van der Waals surface area contributed by atoms with E-state index in [9.17, 15) is 0 Å². The first kappa shape index (κ1) is 8.59. The Balaban J connectivity index is 2.18. The van der Waals surface area contributed by atoms with Crippen LogP contribution in [0.15, 0.2) is 0 Å². The van der Waals surface area contributed by atoms with Crippen LogP contribution in [0, 0.1) is 22.2 Å². The minimum atomic E-state index is 0.711. The zero-order valence-electron chi connectivity index (χ0n) is 9.20. The van der Waals surface area contributed by atoms with Gasteiger partial charge in [-0.1, -0.05) is 41.0 Å². The van der Waals surface area contributed by atoms with Crippen molar-refractivity contribution in [3.63, 3.8) is 0 Å². The number of rotatable bonds is 3. The van der Waals surface area contributed by atoms with E-state index in [0.29, 0.717) is 5.41 Å². The van der Waals surface area contributed by atoms with Gasteiger partial charge in [0.15, 0.2) is 0 Å². The second-order valence-electron chi connectivity index (χ2n) is 5.33. The van der Waals surface area contributed by atoms with E-state index in [0.717, 1.165) is 16.7 Å². The van der Waals surface area contributed by atoms with Gasteiger partial charge in [0.25, 0.3) is 0 Å². The molecule has 0 aromatic rings. The summed E-state index contributed by atoms with van der Waals surface area (Å²) in [6.07, 6.45) is 4.21. The van der Waals surface area contributed by atoms with Crippen molar-refractivity contribution in [2.45, 2.75) is 53.9 Å². The lowest BCUT2D eigenvalue weighted by Gasteiger charge is -2.28. The van der Waals surface area contributed by atoms with Crippen LogP contribution in [-0.2, 0) is 0 Å². The van der Waals surface area contributed by atoms with E-state index in [-0.39, 0.29) is 0 Å². The summed E-state index contributed by atoms with van der Waals surface area (Å²) in [5.74, 6) is 1.01. The third-order valence-electron chi connectivity index (χ3n) is 5.82. The second-order valence-corrected chi connectivity index (χ2v) is 5.33. The molecule has 0 aromatic heterocycles. The molecule has 0 radical (unpaired) electrons. The topological polar surface area (TPSA) is 0 Å². The quantitative estimate of drug-likeness (QED) is 0.597. The standard InChI is InChI=1S/C12H22/c1-6-8-10(4)11(5)9(3)12(10,11)7-2/h9H,6-8H2,1-5H3. The van der Waals surface area contributed by atoms with E-state index < -0.39 is 0 Å². The highest BCUT2D eigenvalue weighted by Crippen LogP contribution is 3.01. The SMILES string of the molecule is CCCC1(C)C2(C)C(C)C12CC. The zero-order valence-corrected chi connectivity index (χ0v) is 9.20. The van der Waals surface area contributed by atoms with Gasteiger partial charge in [-0.05, 0) is 35.0 Å². The molecule has 0 N–H and O–H groups in total. The van der Waals surface area contributed by atoms with Gasteiger partial charge >= 0.3 is 0 Å². The van der Waals surface area contributed by atoms with Crippen molar-refractivity contribution >= 4 is 0 Å². The summed E-state index contributed by atoms with van der Waals surface area (Å²) in [6, 6.07) is 0. The van der Waals surface area contributed by atoms with E-state index in [2.05, 4.69) is 34.6 Å². The Morgan fingerprint density at radius 2 is 1.75 bits per heavy atom. The van der Waals surface area contributed by atoms with Crippen molar-refractivity contribution in [1.82, 2.24) is 0 Å². The molecule has 0 nitrogen and oxygen atoms in total. The highest BCUT2D eigenvalue weighted by atomic mass is 15.0. The third kappa shape index (κ3) is 0.459. The molecule has 0 amide bonds. The molecule has 0 bridgehead atoms. The van der Waals surface area contributed by atoms with Crippen LogP contribution in [-0.4, -0.2) is 0 Å². The highest BCUT2D eigenvalue weighted by molar-refractivity contribution is 5.44. The summed E-state index contributed by atoms with van der Waals surface area (Å²) >= 11 is 0. The molecule has 0 aromatic carbocycles. The van der Waals surface area contributed by atoms with Gasteiger partial charge in [-0.3, -0.25) is 0 Å². The minimum absolute atomic E-state index is 0.711. The Bertz CT molecular complexity index is 220. The Morgan fingerprint density at radius 3 is 2.00 bits per heavy atom. The van der Waals surface area contributed by atoms with Gasteiger partial charge < -0.3 is 0 Å². The van der Waals surface area contributed by atoms with Crippen LogP contribution in [0.5, 0.6) is 0 Å². The first-order valence-electron chi connectivity index (χ1n) is 5.53. The summed E-state index contributed by atoms with van der Waals surface area (Å²) in [5, 5.41) is 0. The number of fused-ring (bicyclic) bond motifs is 1. The normalized spacial score (nSPS) is 61.2. The summed E-state index contributed by atoms with van der Waals surface area (Å²) in [4.78, 5) is 0. The molecule has 70 valence electrons. The monoisotopic (exact) mass is 166 g/mol. The molecule has 12 heavy (non-hydrogen) atoms. The Kier molecular flexibility index (Phi) is 1.37. The van der Waals surface area contributed by atoms with Gasteiger partial charge in [-0.25, -0.2) is 0 Å². The highest BCUT2D eigenvalue weighted by Gasteiger charge is 2.97. The van der Waals surface area contributed by atoms with Crippen molar-refractivity contribution in [3.8, 4) is 0 Å². The van der Waals surface area contributed by atoms with Gasteiger partial charge in [-0.2, -0.15) is 0 Å². The molecule has 4 unspecified atom stereocenters. The van der Waals surface area contributed by atoms with E-state index in [1.54, 1.807) is 0 Å². The number of hydrogen-bond acceptors (Lipinski definition) is 0. The van der Waals surface area contributed by atoms with Crippen molar-refractivity contribution in [1.29, 1.82) is 0 Å². The largest absolute Gasteiger partial charge is 0.0654 e. The van der Waals surface area contributed by atoms with Crippen molar-refractivity contribution in [2.75, 3.05) is 0 Å². The third-order valence-corrected chi connectivity index (χ3v) is 5.82. The molecule has 2 rings (SSSR count). The summed E-state index contributed by atoms with van der Waals surface area (Å²) < 4.78 is 0. The predicted octanol–water partition coefficient (Wildman–Crippen LogP) is 3.86. The van der Waals surface area contributed by atoms with Crippen LogP contribution in [0.1, 0.15) is 53.9 Å². The van der Waals surface area contributed by atoms with Crippen molar-refractivity contribution in [3.05, 3.63) is 0 Å². The van der Waals surface area contributed by atoms with E-state index in [1.165, 1.54) is 19.3 Å². The van der Waals surface area contributed by atoms with Crippen LogP contribution < -0.4 is 0 Å². The van der Waals surface area contributed by atoms with Crippen LogP contribution in [0.25, 0.3) is 0 Å². The lowest BCUT2D eigenvalue weighted by Crippen LogP contribution is -2.21. The lowest BCUT2D eigenvalue weighted by atomic mass is 9.76. The van der Waals surface area contributed by atoms with E-state index >= 15 is 0 Å². The predicted molar refractivity (Wildman–Crippen MR) is 53.0 cm³/mol. The van der Waals surface area contributed by atoms with Gasteiger partial charge in [0.05, 0.1) is 0 Å². The molecule has 0 aliphatic heterocycles. The zero-order chi connectivity index (χ0) is 9.20. The van der Waals surface area contributed by atoms with Crippen LogP contribution in [0.3, 0.4) is 0 Å². The molecule has 2 saturated carbocycles. The van der Waals surface area contributed by atoms with Crippen molar-refractivity contribution < 1.29 is 0 Å². The van der Waals surface area contributed by atoms with Gasteiger partial charge in [0.2, 0.25) is 0 Å². The molecule has 0 saturated heterocycles. The summed E-state index contributed by atoms with van der Waals surface area (Å²) in [6.45, 7) is 12.2. The fourth-order valence-corrected chi connectivity index (χ4v) is 5.00. The molecule has 0 spiro atoms. The summed E-state index contributed by atoms with van der Waals surface area (Å²) in [7, 11) is 0. The fraction of sp³-hybridized carbons (Fsp3) is 1.00. The maximum Gasteiger partial charge on any atom is -0.0147 e. The smallest absolute Gasteiger partial charge is 0.0147 e. The Morgan fingerprint density at radius 1 is 1.17 bits per heavy atom. The fourth-order valence-electron chi connectivity index (χ4n) is 5.00. The minimum Gasteiger partial charge on any atom is -0.0654 e. The van der Waals surface area contributed by atoms with Crippen molar-refractivity contribution in [2.24, 2.45) is 22.2 Å². The molecule has 2 fully saturated rings. The maximum absolute atomic E-state index is 2.51. The Labute approximate surface area is 76.7 Å². The van der Waals surface area contributed by atoms with Gasteiger partial charge in [0.1, 0.15) is 0 Å². The van der Waals surface area contributed by atoms with E-state index in [4.69, 9.17) is 0 Å². The lowest BCUT2D eigenvalue weighted by molar-refractivity contribution is 0.204. The molecular weight excluding hydrogens is 144 g/mol. The van der Waals surface area contributed by atoms with Crippen LogP contribution in [0.4, 0.5) is 0 Å². The summed E-state index contributed by atoms with van der Waals surface area (Å²) in [5.41, 5.74) is 2.20. The average Bonchev–Trinajstić information content (AvgIpc) is 2.71. The molecule has 2 aliphatic rings. The first-order valence-corrected chi connectivity index (χ1v) is 5.53. The first-order chi connectivity index (χ1) is 5.53. The van der Waals surface area contributed by atoms with Crippen LogP contribution >= 0.6 is 0 Å². The van der Waals surface area contributed by atoms with E-state index in [1.807, 2.05) is 0 Å². The molecule has 0 heteroatoms. The second kappa shape index (κ2) is 1.91. The average molecular weight is 166 g/mol. The molecule has 0 heterocycles. The Hall–Kier alpha value is 0. The molecule has 4 atom stereocenters. The number of hydrogen-bond donors (Lipinski definition) is 0. The van der Waals surface area contributed by atoms with Gasteiger partial charge in [-0.15, -0.1) is 0 Å². The van der Waals surface area contributed by atoms with Crippen LogP contribution in [0.2, 0.25) is 0 Å². The molecular formula is C12H22.